The molecule has 24 heavy (non-hydrogen) atoms. The quantitative estimate of drug-likeness (QED) is 0.785. The van der Waals surface area contributed by atoms with E-state index in [9.17, 15) is 14.7 Å². The molecular weight excluding hydrogens is 306 g/mol. The van der Waals surface area contributed by atoms with Crippen LogP contribution in [0.25, 0.3) is 0 Å². The first-order valence-electron chi connectivity index (χ1n) is 7.28. The molecule has 6 heteroatoms. The minimum absolute atomic E-state index is 0.220. The summed E-state index contributed by atoms with van der Waals surface area (Å²) in [5.41, 5.74) is 3.02. The van der Waals surface area contributed by atoms with E-state index in [2.05, 4.69) is 10.6 Å². The molecule has 122 valence electrons. The Balaban J connectivity index is 2.31. The van der Waals surface area contributed by atoms with Gasteiger partial charge in [0.1, 0.15) is 0 Å². The molecule has 0 aliphatic heterocycles. The number of carbonyl (C=O) groups excluding carboxylic acids is 1. The molecule has 0 fully saturated rings. The van der Waals surface area contributed by atoms with Crippen LogP contribution in [0.1, 0.15) is 29.7 Å². The van der Waals surface area contributed by atoms with E-state index in [0.29, 0.717) is 22.5 Å². The molecule has 0 saturated carbocycles. The van der Waals surface area contributed by atoms with Crippen LogP contribution in [0.2, 0.25) is 0 Å². The number of nitrogens with one attached hydrogen (secondary N) is 2. The Morgan fingerprint density at radius 1 is 1.17 bits per heavy atom. The molecule has 0 aliphatic rings. The van der Waals surface area contributed by atoms with Gasteiger partial charge in [-0.3, -0.25) is 4.79 Å². The van der Waals surface area contributed by atoms with E-state index >= 15 is 0 Å². The van der Waals surface area contributed by atoms with Gasteiger partial charge >= 0.3 is 5.97 Å². The van der Waals surface area contributed by atoms with Crippen molar-refractivity contribution in [3.05, 3.63) is 59.2 Å². The third-order valence-electron chi connectivity index (χ3n) is 3.48. The number of aryl methyl sites for hydroxylation is 1. The summed E-state index contributed by atoms with van der Waals surface area (Å²) < 4.78 is 0. The average Bonchev–Trinajstić information content (AvgIpc) is 2.54. The van der Waals surface area contributed by atoms with Crippen molar-refractivity contribution in [3.63, 3.8) is 0 Å². The van der Waals surface area contributed by atoms with Crippen molar-refractivity contribution in [1.82, 2.24) is 0 Å². The maximum Gasteiger partial charge on any atom is 0.330 e. The standard InChI is InChI=1S/C18H17N3O3/c1-11-3-6-14(9-16(11)20-12(2)22)17(18(23)24)21-15-7-4-13(10-19)5-8-15/h3-9,17,21H,1-2H3,(H,20,22)(H,23,24). The van der Waals surface area contributed by atoms with Crippen molar-refractivity contribution in [2.45, 2.75) is 19.9 Å². The van der Waals surface area contributed by atoms with Gasteiger partial charge in [0.05, 0.1) is 11.6 Å². The zero-order chi connectivity index (χ0) is 17.7. The third-order valence-corrected chi connectivity index (χ3v) is 3.48. The van der Waals surface area contributed by atoms with Gasteiger partial charge in [-0.15, -0.1) is 0 Å². The molecule has 0 radical (unpaired) electrons. The van der Waals surface area contributed by atoms with Crippen molar-refractivity contribution in [2.75, 3.05) is 10.6 Å². The summed E-state index contributed by atoms with van der Waals surface area (Å²) in [5, 5.41) is 23.9. The predicted molar refractivity (Wildman–Crippen MR) is 90.6 cm³/mol. The van der Waals surface area contributed by atoms with E-state index < -0.39 is 12.0 Å². The molecule has 0 aromatic heterocycles. The van der Waals surface area contributed by atoms with E-state index in [1.54, 1.807) is 42.5 Å². The second-order valence-corrected chi connectivity index (χ2v) is 5.36. The van der Waals surface area contributed by atoms with Crippen molar-refractivity contribution in [2.24, 2.45) is 0 Å². The van der Waals surface area contributed by atoms with E-state index in [0.717, 1.165) is 5.56 Å². The molecule has 0 saturated heterocycles. The van der Waals surface area contributed by atoms with E-state index in [1.807, 2.05) is 13.0 Å². The number of rotatable bonds is 5. The molecule has 1 unspecified atom stereocenters. The first-order valence-corrected chi connectivity index (χ1v) is 7.28. The van der Waals surface area contributed by atoms with Gasteiger partial charge in [0, 0.05) is 18.3 Å². The van der Waals surface area contributed by atoms with Crippen molar-refractivity contribution in [3.8, 4) is 6.07 Å². The Hall–Kier alpha value is -3.33. The normalized spacial score (nSPS) is 11.2. The number of aliphatic carboxylic acids is 1. The third kappa shape index (κ3) is 4.11. The lowest BCUT2D eigenvalue weighted by Crippen LogP contribution is -2.21. The fraction of sp³-hybridized carbons (Fsp3) is 0.167. The number of nitrogens with zero attached hydrogens (tertiary/aromatic N) is 1. The smallest absolute Gasteiger partial charge is 0.330 e. The maximum absolute atomic E-state index is 11.6. The molecule has 0 bridgehead atoms. The maximum atomic E-state index is 11.6. The summed E-state index contributed by atoms with van der Waals surface area (Å²) in [5.74, 6) is -1.26. The lowest BCUT2D eigenvalue weighted by Gasteiger charge is -2.18. The summed E-state index contributed by atoms with van der Waals surface area (Å²) >= 11 is 0. The highest BCUT2D eigenvalue weighted by Crippen LogP contribution is 2.25. The first-order chi connectivity index (χ1) is 11.4. The number of carboxylic acid groups (broad SMARTS) is 1. The fourth-order valence-electron chi connectivity index (χ4n) is 2.24. The number of nitriles is 1. The zero-order valence-electron chi connectivity index (χ0n) is 13.3. The largest absolute Gasteiger partial charge is 0.479 e. The topological polar surface area (TPSA) is 102 Å². The van der Waals surface area contributed by atoms with E-state index in [1.165, 1.54) is 6.92 Å². The number of amides is 1. The lowest BCUT2D eigenvalue weighted by atomic mass is 10.0. The van der Waals surface area contributed by atoms with Crippen LogP contribution in [0.15, 0.2) is 42.5 Å². The minimum Gasteiger partial charge on any atom is -0.479 e. The van der Waals surface area contributed by atoms with Crippen LogP contribution in [0, 0.1) is 18.3 Å². The molecule has 2 aromatic carbocycles. The van der Waals surface area contributed by atoms with Crippen LogP contribution in [-0.2, 0) is 9.59 Å². The van der Waals surface area contributed by atoms with Crippen LogP contribution in [0.5, 0.6) is 0 Å². The monoisotopic (exact) mass is 323 g/mol. The summed E-state index contributed by atoms with van der Waals surface area (Å²) in [6.07, 6.45) is 0. The Bertz CT molecular complexity index is 807. The molecular formula is C18H17N3O3. The SMILES string of the molecule is CC(=O)Nc1cc(C(Nc2ccc(C#N)cc2)C(=O)O)ccc1C. The van der Waals surface area contributed by atoms with E-state index in [4.69, 9.17) is 5.26 Å². The fourth-order valence-corrected chi connectivity index (χ4v) is 2.24. The van der Waals surface area contributed by atoms with Crippen LogP contribution in [-0.4, -0.2) is 17.0 Å². The Morgan fingerprint density at radius 3 is 2.38 bits per heavy atom. The summed E-state index contributed by atoms with van der Waals surface area (Å²) in [6, 6.07) is 12.7. The molecule has 2 aromatic rings. The van der Waals surface area contributed by atoms with Gasteiger partial charge in [-0.2, -0.15) is 5.26 Å². The van der Waals surface area contributed by atoms with Gasteiger partial charge in [-0.1, -0.05) is 12.1 Å². The molecule has 1 amide bonds. The van der Waals surface area contributed by atoms with E-state index in [-0.39, 0.29) is 5.91 Å². The van der Waals surface area contributed by atoms with Crippen molar-refractivity contribution in [1.29, 1.82) is 5.26 Å². The zero-order valence-corrected chi connectivity index (χ0v) is 13.3. The molecule has 0 aliphatic carbocycles. The number of hydrogen-bond acceptors (Lipinski definition) is 4. The Labute approximate surface area is 139 Å². The number of carbonyl (C=O) groups is 2. The highest BCUT2D eigenvalue weighted by atomic mass is 16.4. The highest BCUT2D eigenvalue weighted by molar-refractivity contribution is 5.90. The van der Waals surface area contributed by atoms with Crippen molar-refractivity contribution >= 4 is 23.3 Å². The number of hydrogen-bond donors (Lipinski definition) is 3. The molecule has 6 nitrogen and oxygen atoms in total. The number of benzene rings is 2. The Morgan fingerprint density at radius 2 is 1.83 bits per heavy atom. The van der Waals surface area contributed by atoms with Gasteiger partial charge in [0.15, 0.2) is 6.04 Å². The number of carboxylic acids is 1. The van der Waals surface area contributed by atoms with Crippen LogP contribution in [0.3, 0.4) is 0 Å². The molecule has 0 spiro atoms. The van der Waals surface area contributed by atoms with Crippen LogP contribution in [0.4, 0.5) is 11.4 Å². The molecule has 0 heterocycles. The van der Waals surface area contributed by atoms with Crippen molar-refractivity contribution < 1.29 is 14.7 Å². The van der Waals surface area contributed by atoms with Crippen LogP contribution >= 0.6 is 0 Å². The summed E-state index contributed by atoms with van der Waals surface area (Å²) in [4.78, 5) is 22.9. The number of anilines is 2. The highest BCUT2D eigenvalue weighted by Gasteiger charge is 2.20. The van der Waals surface area contributed by atoms with Gasteiger partial charge in [-0.25, -0.2) is 4.79 Å². The van der Waals surface area contributed by atoms with Gasteiger partial charge in [0.25, 0.3) is 0 Å². The molecule has 3 N–H and O–H groups in total. The Kier molecular flexibility index (Phi) is 5.17. The van der Waals surface area contributed by atoms with Gasteiger partial charge in [-0.05, 0) is 48.4 Å². The van der Waals surface area contributed by atoms with Gasteiger partial charge < -0.3 is 15.7 Å². The first kappa shape index (κ1) is 17.0. The van der Waals surface area contributed by atoms with Gasteiger partial charge in [0.2, 0.25) is 5.91 Å². The molecule has 2 rings (SSSR count). The predicted octanol–water partition coefficient (Wildman–Crippen LogP) is 3.06. The second kappa shape index (κ2) is 7.29. The second-order valence-electron chi connectivity index (χ2n) is 5.36. The molecule has 1 atom stereocenters. The summed E-state index contributed by atoms with van der Waals surface area (Å²) in [7, 11) is 0. The minimum atomic E-state index is -1.04. The van der Waals surface area contributed by atoms with Crippen LogP contribution < -0.4 is 10.6 Å². The summed E-state index contributed by atoms with van der Waals surface area (Å²) in [6.45, 7) is 3.23. The lowest BCUT2D eigenvalue weighted by molar-refractivity contribution is -0.138. The average molecular weight is 323 g/mol.